The van der Waals surface area contributed by atoms with Crippen LogP contribution in [-0.4, -0.2) is 20.9 Å². The van der Waals surface area contributed by atoms with Gasteiger partial charge in [0.15, 0.2) is 0 Å². The number of hydrogen-bond acceptors (Lipinski definition) is 4. The average molecular weight is 310 g/mol. The Kier molecular flexibility index (Phi) is 4.69. The number of nitrogens with zero attached hydrogens (tertiary/aromatic N) is 3. The van der Waals surface area contributed by atoms with Crippen LogP contribution in [0.1, 0.15) is 24.0 Å². The summed E-state index contributed by atoms with van der Waals surface area (Å²) in [5, 5.41) is 2.44. The Balaban J connectivity index is 2.06. The summed E-state index contributed by atoms with van der Waals surface area (Å²) in [6.07, 6.45) is -2.64. The Morgan fingerprint density at radius 1 is 1.18 bits per heavy atom. The number of hydrogen-bond donors (Lipinski definition) is 1. The lowest BCUT2D eigenvalue weighted by Crippen LogP contribution is -2.18. The third-order valence-electron chi connectivity index (χ3n) is 2.77. The smallest absolute Gasteiger partial charge is 0.294 e. The summed E-state index contributed by atoms with van der Waals surface area (Å²) in [4.78, 5) is 23.2. The first kappa shape index (κ1) is 15.9. The maximum Gasteiger partial charge on any atom is 0.433 e. The highest BCUT2D eigenvalue weighted by Gasteiger charge is 2.32. The number of aromatic nitrogens is 3. The number of aryl methyl sites for hydroxylation is 1. The summed E-state index contributed by atoms with van der Waals surface area (Å²) in [5.41, 5.74) is -0.247. The zero-order chi connectivity index (χ0) is 16.2. The van der Waals surface area contributed by atoms with E-state index < -0.39 is 17.8 Å². The van der Waals surface area contributed by atoms with Gasteiger partial charge in [-0.25, -0.2) is 15.0 Å². The van der Waals surface area contributed by atoms with Gasteiger partial charge in [0.1, 0.15) is 5.69 Å². The van der Waals surface area contributed by atoms with Gasteiger partial charge in [0.05, 0.1) is 12.1 Å². The minimum Gasteiger partial charge on any atom is -0.294 e. The van der Waals surface area contributed by atoms with Gasteiger partial charge in [-0.15, -0.1) is 0 Å². The van der Waals surface area contributed by atoms with Gasteiger partial charge in [-0.2, -0.15) is 13.2 Å². The van der Waals surface area contributed by atoms with Gasteiger partial charge in [-0.1, -0.05) is 13.0 Å². The molecule has 0 bridgehead atoms. The van der Waals surface area contributed by atoms with Gasteiger partial charge in [0.2, 0.25) is 11.9 Å². The molecule has 0 radical (unpaired) electrons. The number of nitrogens with one attached hydrogen (secondary N) is 1. The van der Waals surface area contributed by atoms with Crippen LogP contribution >= 0.6 is 0 Å². The van der Waals surface area contributed by atoms with Crippen LogP contribution in [0, 0.1) is 0 Å². The third kappa shape index (κ3) is 4.24. The molecule has 8 heteroatoms. The van der Waals surface area contributed by atoms with E-state index in [9.17, 15) is 18.0 Å². The number of halogens is 3. The van der Waals surface area contributed by atoms with E-state index in [4.69, 9.17) is 0 Å². The molecule has 22 heavy (non-hydrogen) atoms. The molecule has 5 nitrogen and oxygen atoms in total. The molecule has 0 spiro atoms. The van der Waals surface area contributed by atoms with Crippen molar-refractivity contribution in [3.63, 3.8) is 0 Å². The lowest BCUT2D eigenvalue weighted by Gasteiger charge is -2.08. The Bertz CT molecular complexity index is 673. The van der Waals surface area contributed by atoms with Gasteiger partial charge < -0.3 is 0 Å². The zero-order valence-corrected chi connectivity index (χ0v) is 11.7. The van der Waals surface area contributed by atoms with Crippen LogP contribution in [-0.2, 0) is 23.8 Å². The van der Waals surface area contributed by atoms with Crippen molar-refractivity contribution in [2.75, 3.05) is 5.32 Å². The molecule has 0 atom stereocenters. The molecule has 0 fully saturated rings. The van der Waals surface area contributed by atoms with E-state index in [0.717, 1.165) is 11.8 Å². The molecule has 1 amide bonds. The molecule has 0 aliphatic rings. The Labute approximate surface area is 124 Å². The van der Waals surface area contributed by atoms with Crippen LogP contribution < -0.4 is 5.32 Å². The molecule has 2 rings (SSSR count). The number of pyridine rings is 1. The summed E-state index contributed by atoms with van der Waals surface area (Å²) in [6.45, 7) is 1.90. The molecule has 116 valence electrons. The van der Waals surface area contributed by atoms with Crippen molar-refractivity contribution in [2.24, 2.45) is 0 Å². The largest absolute Gasteiger partial charge is 0.433 e. The molecule has 0 saturated heterocycles. The van der Waals surface area contributed by atoms with Gasteiger partial charge in [-0.05, 0) is 24.6 Å². The normalized spacial score (nSPS) is 11.3. The minimum absolute atomic E-state index is 0.0268. The van der Waals surface area contributed by atoms with Crippen LogP contribution in [0.25, 0.3) is 0 Å². The summed E-state index contributed by atoms with van der Waals surface area (Å²) in [7, 11) is 0. The van der Waals surface area contributed by atoms with Crippen LogP contribution in [0.15, 0.2) is 30.5 Å². The standard InChI is InChI=1S/C14H13F3N4O/c1-2-9-6-7-18-13(20-9)21-12(22)8-10-4-3-5-11(19-10)14(15,16)17/h3-7H,2,8H2,1H3,(H,18,20,21,22). The van der Waals surface area contributed by atoms with E-state index in [-0.39, 0.29) is 18.1 Å². The lowest BCUT2D eigenvalue weighted by molar-refractivity contribution is -0.141. The van der Waals surface area contributed by atoms with Crippen molar-refractivity contribution in [1.82, 2.24) is 15.0 Å². The highest BCUT2D eigenvalue weighted by atomic mass is 19.4. The molecule has 0 unspecified atom stereocenters. The SMILES string of the molecule is CCc1ccnc(NC(=O)Cc2cccc(C(F)(F)F)n2)n1. The summed E-state index contributed by atoms with van der Waals surface area (Å²) < 4.78 is 37.7. The molecule has 1 N–H and O–H groups in total. The van der Waals surface area contributed by atoms with Crippen molar-refractivity contribution in [3.05, 3.63) is 47.5 Å². The maximum atomic E-state index is 12.6. The van der Waals surface area contributed by atoms with E-state index in [1.807, 2.05) is 6.92 Å². The third-order valence-corrected chi connectivity index (χ3v) is 2.77. The summed E-state index contributed by atoms with van der Waals surface area (Å²) in [6, 6.07) is 5.14. The topological polar surface area (TPSA) is 67.8 Å². The summed E-state index contributed by atoms with van der Waals surface area (Å²) >= 11 is 0. The highest BCUT2D eigenvalue weighted by Crippen LogP contribution is 2.27. The van der Waals surface area contributed by atoms with Crippen molar-refractivity contribution < 1.29 is 18.0 Å². The van der Waals surface area contributed by atoms with Gasteiger partial charge >= 0.3 is 6.18 Å². The Morgan fingerprint density at radius 2 is 1.95 bits per heavy atom. The molecular weight excluding hydrogens is 297 g/mol. The van der Waals surface area contributed by atoms with E-state index in [0.29, 0.717) is 6.42 Å². The molecular formula is C14H13F3N4O. The Hall–Kier alpha value is -2.51. The number of anilines is 1. The number of amides is 1. The fraction of sp³-hybridized carbons (Fsp3) is 0.286. The first-order valence-electron chi connectivity index (χ1n) is 6.53. The maximum absolute atomic E-state index is 12.6. The zero-order valence-electron chi connectivity index (χ0n) is 11.7. The number of carbonyl (C=O) groups is 1. The Morgan fingerprint density at radius 3 is 2.64 bits per heavy atom. The minimum atomic E-state index is -4.54. The number of alkyl halides is 3. The fourth-order valence-corrected chi connectivity index (χ4v) is 1.72. The van der Waals surface area contributed by atoms with Crippen molar-refractivity contribution in [3.8, 4) is 0 Å². The second-order valence-electron chi connectivity index (χ2n) is 4.46. The van der Waals surface area contributed by atoms with E-state index >= 15 is 0 Å². The summed E-state index contributed by atoms with van der Waals surface area (Å²) in [5.74, 6) is -0.406. The molecule has 2 aromatic heterocycles. The van der Waals surface area contributed by atoms with Crippen LogP contribution in [0.2, 0.25) is 0 Å². The molecule has 2 heterocycles. The monoisotopic (exact) mass is 310 g/mol. The van der Waals surface area contributed by atoms with E-state index in [1.54, 1.807) is 6.07 Å². The molecule has 0 aliphatic heterocycles. The van der Waals surface area contributed by atoms with Crippen molar-refractivity contribution in [2.45, 2.75) is 25.9 Å². The fourth-order valence-electron chi connectivity index (χ4n) is 1.72. The van der Waals surface area contributed by atoms with E-state index in [2.05, 4.69) is 20.3 Å². The molecule has 0 saturated carbocycles. The van der Waals surface area contributed by atoms with Crippen LogP contribution in [0.3, 0.4) is 0 Å². The number of carbonyl (C=O) groups excluding carboxylic acids is 1. The first-order valence-corrected chi connectivity index (χ1v) is 6.53. The first-order chi connectivity index (χ1) is 10.4. The van der Waals surface area contributed by atoms with Crippen molar-refractivity contribution >= 4 is 11.9 Å². The second-order valence-corrected chi connectivity index (χ2v) is 4.46. The van der Waals surface area contributed by atoms with E-state index in [1.165, 1.54) is 18.3 Å². The average Bonchev–Trinajstić information content (AvgIpc) is 2.46. The van der Waals surface area contributed by atoms with Gasteiger partial charge in [0.25, 0.3) is 0 Å². The molecule has 0 aliphatic carbocycles. The second kappa shape index (κ2) is 6.50. The van der Waals surface area contributed by atoms with Gasteiger partial charge in [0, 0.05) is 11.9 Å². The molecule has 2 aromatic rings. The predicted molar refractivity (Wildman–Crippen MR) is 73.0 cm³/mol. The van der Waals surface area contributed by atoms with Crippen LogP contribution in [0.5, 0.6) is 0 Å². The predicted octanol–water partition coefficient (Wildman–Crippen LogP) is 2.63. The van der Waals surface area contributed by atoms with Gasteiger partial charge in [-0.3, -0.25) is 10.1 Å². The lowest BCUT2D eigenvalue weighted by atomic mass is 10.2. The van der Waals surface area contributed by atoms with Crippen molar-refractivity contribution in [1.29, 1.82) is 0 Å². The molecule has 0 aromatic carbocycles. The number of rotatable bonds is 4. The highest BCUT2D eigenvalue weighted by molar-refractivity contribution is 5.90. The van der Waals surface area contributed by atoms with Crippen LogP contribution in [0.4, 0.5) is 19.1 Å². The quantitative estimate of drug-likeness (QED) is 0.942.